The maximum Gasteiger partial charge on any atom is 0.256 e. The predicted molar refractivity (Wildman–Crippen MR) is 80.5 cm³/mol. The number of benzene rings is 1. The molecule has 0 radical (unpaired) electrons. The van der Waals surface area contributed by atoms with Crippen LogP contribution in [0.3, 0.4) is 0 Å². The van der Waals surface area contributed by atoms with Gasteiger partial charge in [-0.1, -0.05) is 17.3 Å². The monoisotopic (exact) mass is 296 g/mol. The van der Waals surface area contributed by atoms with Gasteiger partial charge in [0.2, 0.25) is 0 Å². The van der Waals surface area contributed by atoms with Crippen LogP contribution in [0.5, 0.6) is 0 Å². The third-order valence-electron chi connectivity index (χ3n) is 3.43. The Balaban J connectivity index is 1.91. The van der Waals surface area contributed by atoms with Gasteiger partial charge < -0.3 is 9.32 Å². The average molecular weight is 296 g/mol. The van der Waals surface area contributed by atoms with Crippen molar-refractivity contribution in [1.29, 1.82) is 0 Å². The molecule has 0 aliphatic heterocycles. The summed E-state index contributed by atoms with van der Waals surface area (Å²) < 4.78 is 6.66. The molecule has 0 atom stereocenters. The third kappa shape index (κ3) is 2.76. The highest BCUT2D eigenvalue weighted by atomic mass is 16.3. The van der Waals surface area contributed by atoms with Crippen LogP contribution < -0.4 is 0 Å². The van der Waals surface area contributed by atoms with Crippen LogP contribution in [0, 0.1) is 0 Å². The summed E-state index contributed by atoms with van der Waals surface area (Å²) in [6.45, 7) is 3.07. The molecule has 0 spiro atoms. The standard InChI is InChI=1S/C16H16N4O2/c1-2-19(11-13-7-10-22-12-13)16(21)14-5-3-4-6-15(14)20-9-8-17-18-20/h3-10,12H,2,11H2,1H3. The van der Waals surface area contributed by atoms with Gasteiger partial charge in [0.1, 0.15) is 0 Å². The summed E-state index contributed by atoms with van der Waals surface area (Å²) in [5.41, 5.74) is 2.28. The van der Waals surface area contributed by atoms with Gasteiger partial charge in [0, 0.05) is 18.7 Å². The Morgan fingerprint density at radius 1 is 1.32 bits per heavy atom. The number of carbonyl (C=O) groups excluding carboxylic acids is 1. The van der Waals surface area contributed by atoms with E-state index < -0.39 is 0 Å². The van der Waals surface area contributed by atoms with Crippen molar-refractivity contribution in [3.05, 3.63) is 66.4 Å². The molecule has 6 heteroatoms. The molecular weight excluding hydrogens is 280 g/mol. The molecule has 0 unspecified atom stereocenters. The van der Waals surface area contributed by atoms with E-state index in [9.17, 15) is 4.79 Å². The molecule has 3 rings (SSSR count). The van der Waals surface area contributed by atoms with Gasteiger partial charge in [0.25, 0.3) is 5.91 Å². The number of aromatic nitrogens is 3. The Labute approximate surface area is 128 Å². The van der Waals surface area contributed by atoms with Gasteiger partial charge in [-0.15, -0.1) is 5.10 Å². The number of hydrogen-bond acceptors (Lipinski definition) is 4. The lowest BCUT2D eigenvalue weighted by molar-refractivity contribution is 0.0752. The lowest BCUT2D eigenvalue weighted by Gasteiger charge is -2.21. The molecule has 112 valence electrons. The second-order valence-corrected chi connectivity index (χ2v) is 4.82. The largest absolute Gasteiger partial charge is 0.472 e. The van der Waals surface area contributed by atoms with Gasteiger partial charge in [0.05, 0.1) is 36.2 Å². The van der Waals surface area contributed by atoms with E-state index in [1.165, 1.54) is 0 Å². The minimum Gasteiger partial charge on any atom is -0.472 e. The molecule has 3 aromatic rings. The fourth-order valence-corrected chi connectivity index (χ4v) is 2.29. The molecule has 0 fully saturated rings. The normalized spacial score (nSPS) is 10.6. The molecule has 1 amide bonds. The van der Waals surface area contributed by atoms with Crippen molar-refractivity contribution in [3.8, 4) is 5.69 Å². The van der Waals surface area contributed by atoms with Gasteiger partial charge in [-0.2, -0.15) is 0 Å². The highest BCUT2D eigenvalue weighted by Gasteiger charge is 2.19. The number of carbonyl (C=O) groups is 1. The lowest BCUT2D eigenvalue weighted by Crippen LogP contribution is -2.31. The van der Waals surface area contributed by atoms with Crippen LogP contribution in [0.15, 0.2) is 59.7 Å². The highest BCUT2D eigenvalue weighted by molar-refractivity contribution is 5.97. The van der Waals surface area contributed by atoms with Crippen LogP contribution in [-0.2, 0) is 6.54 Å². The zero-order valence-electron chi connectivity index (χ0n) is 12.2. The summed E-state index contributed by atoms with van der Waals surface area (Å²) >= 11 is 0. The number of hydrogen-bond donors (Lipinski definition) is 0. The topological polar surface area (TPSA) is 64.2 Å². The molecule has 0 saturated carbocycles. The van der Waals surface area contributed by atoms with E-state index in [0.717, 1.165) is 11.3 Å². The van der Waals surface area contributed by atoms with Crippen LogP contribution >= 0.6 is 0 Å². The molecule has 0 N–H and O–H groups in total. The quantitative estimate of drug-likeness (QED) is 0.725. The smallest absolute Gasteiger partial charge is 0.256 e. The zero-order chi connectivity index (χ0) is 15.4. The zero-order valence-corrected chi connectivity index (χ0v) is 12.2. The second kappa shape index (κ2) is 6.26. The summed E-state index contributed by atoms with van der Waals surface area (Å²) in [7, 11) is 0. The van der Waals surface area contributed by atoms with E-state index in [-0.39, 0.29) is 5.91 Å². The van der Waals surface area contributed by atoms with E-state index in [1.807, 2.05) is 31.2 Å². The van der Waals surface area contributed by atoms with Crippen molar-refractivity contribution in [2.24, 2.45) is 0 Å². The van der Waals surface area contributed by atoms with Gasteiger partial charge in [-0.3, -0.25) is 4.79 Å². The number of rotatable bonds is 5. The fourth-order valence-electron chi connectivity index (χ4n) is 2.29. The minimum atomic E-state index is -0.0465. The molecular formula is C16H16N4O2. The molecule has 2 heterocycles. The van der Waals surface area contributed by atoms with E-state index in [0.29, 0.717) is 18.7 Å². The summed E-state index contributed by atoms with van der Waals surface area (Å²) in [5, 5.41) is 7.77. The Hall–Kier alpha value is -2.89. The van der Waals surface area contributed by atoms with Gasteiger partial charge in [-0.05, 0) is 25.1 Å². The first-order chi connectivity index (χ1) is 10.8. The second-order valence-electron chi connectivity index (χ2n) is 4.82. The maximum atomic E-state index is 12.9. The highest BCUT2D eigenvalue weighted by Crippen LogP contribution is 2.17. The SMILES string of the molecule is CCN(Cc1ccoc1)C(=O)c1ccccc1-n1ccnn1. The predicted octanol–water partition coefficient (Wildman–Crippen LogP) is 2.52. The first kappa shape index (κ1) is 14.1. The van der Waals surface area contributed by atoms with Crippen molar-refractivity contribution in [2.45, 2.75) is 13.5 Å². The van der Waals surface area contributed by atoms with Crippen LogP contribution in [-0.4, -0.2) is 32.3 Å². The molecule has 0 bridgehead atoms. The molecule has 2 aromatic heterocycles. The molecule has 0 aliphatic rings. The molecule has 22 heavy (non-hydrogen) atoms. The van der Waals surface area contributed by atoms with E-state index >= 15 is 0 Å². The first-order valence-electron chi connectivity index (χ1n) is 7.05. The molecule has 0 aliphatic carbocycles. The Bertz CT molecular complexity index is 735. The summed E-state index contributed by atoms with van der Waals surface area (Å²) in [6, 6.07) is 9.24. The molecule has 0 saturated heterocycles. The third-order valence-corrected chi connectivity index (χ3v) is 3.43. The number of amides is 1. The fraction of sp³-hybridized carbons (Fsp3) is 0.188. The van der Waals surface area contributed by atoms with Crippen molar-refractivity contribution in [2.75, 3.05) is 6.54 Å². The summed E-state index contributed by atoms with van der Waals surface area (Å²) in [6.07, 6.45) is 6.57. The van der Waals surface area contributed by atoms with Crippen molar-refractivity contribution < 1.29 is 9.21 Å². The number of nitrogens with zero attached hydrogens (tertiary/aromatic N) is 4. The molecule has 1 aromatic carbocycles. The van der Waals surface area contributed by atoms with Crippen molar-refractivity contribution >= 4 is 5.91 Å². The van der Waals surface area contributed by atoms with E-state index in [2.05, 4.69) is 10.3 Å². The minimum absolute atomic E-state index is 0.0465. The number of para-hydroxylation sites is 1. The van der Waals surface area contributed by atoms with Gasteiger partial charge in [0.15, 0.2) is 0 Å². The Morgan fingerprint density at radius 3 is 2.86 bits per heavy atom. The maximum absolute atomic E-state index is 12.9. The number of furan rings is 1. The Kier molecular flexibility index (Phi) is 4.00. The lowest BCUT2D eigenvalue weighted by atomic mass is 10.1. The van der Waals surface area contributed by atoms with Crippen LogP contribution in [0.4, 0.5) is 0 Å². The van der Waals surface area contributed by atoms with E-state index in [4.69, 9.17) is 4.42 Å². The van der Waals surface area contributed by atoms with Gasteiger partial charge >= 0.3 is 0 Å². The van der Waals surface area contributed by atoms with Crippen LogP contribution in [0.25, 0.3) is 5.69 Å². The Morgan fingerprint density at radius 2 is 2.18 bits per heavy atom. The van der Waals surface area contributed by atoms with Crippen LogP contribution in [0.1, 0.15) is 22.8 Å². The summed E-state index contributed by atoms with van der Waals surface area (Å²) in [4.78, 5) is 14.6. The van der Waals surface area contributed by atoms with E-state index in [1.54, 1.807) is 40.6 Å². The van der Waals surface area contributed by atoms with Crippen molar-refractivity contribution in [3.63, 3.8) is 0 Å². The first-order valence-corrected chi connectivity index (χ1v) is 7.05. The molecule has 6 nitrogen and oxygen atoms in total. The summed E-state index contributed by atoms with van der Waals surface area (Å²) in [5.74, 6) is -0.0465. The van der Waals surface area contributed by atoms with Crippen LogP contribution in [0.2, 0.25) is 0 Å². The van der Waals surface area contributed by atoms with Crippen molar-refractivity contribution in [1.82, 2.24) is 19.9 Å². The average Bonchev–Trinajstić information content (AvgIpc) is 3.25. The van der Waals surface area contributed by atoms with Gasteiger partial charge in [-0.25, -0.2) is 4.68 Å².